The van der Waals surface area contributed by atoms with Crippen molar-refractivity contribution in [3.05, 3.63) is 60.2 Å². The van der Waals surface area contributed by atoms with Crippen molar-refractivity contribution < 1.29 is 19.1 Å². The summed E-state index contributed by atoms with van der Waals surface area (Å²) in [7, 11) is 1.57. The Morgan fingerprint density at radius 1 is 1.04 bits per heavy atom. The summed E-state index contributed by atoms with van der Waals surface area (Å²) in [5.74, 6) is 0.151. The number of nitrogens with one attached hydrogen (secondary N) is 1. The van der Waals surface area contributed by atoms with Gasteiger partial charge in [-0.15, -0.1) is 0 Å². The SMILES string of the molecule is COc1ccc(OCC(=O)N[C@@H](C(N)=O)c2ccccc2)cc1. The van der Waals surface area contributed by atoms with Crippen molar-refractivity contribution in [3.8, 4) is 11.5 Å². The van der Waals surface area contributed by atoms with Gasteiger partial charge in [-0.05, 0) is 29.8 Å². The van der Waals surface area contributed by atoms with Crippen LogP contribution in [0.1, 0.15) is 11.6 Å². The molecule has 0 spiro atoms. The predicted molar refractivity (Wildman–Crippen MR) is 85.0 cm³/mol. The van der Waals surface area contributed by atoms with Gasteiger partial charge in [-0.1, -0.05) is 30.3 Å². The van der Waals surface area contributed by atoms with E-state index in [1.165, 1.54) is 0 Å². The Bertz CT molecular complexity index is 656. The Kier molecular flexibility index (Phi) is 5.57. The van der Waals surface area contributed by atoms with Crippen molar-refractivity contribution in [1.82, 2.24) is 5.32 Å². The second-order valence-electron chi connectivity index (χ2n) is 4.78. The average molecular weight is 314 g/mol. The highest BCUT2D eigenvalue weighted by Crippen LogP contribution is 2.17. The molecule has 0 aromatic heterocycles. The van der Waals surface area contributed by atoms with Gasteiger partial charge >= 0.3 is 0 Å². The van der Waals surface area contributed by atoms with Gasteiger partial charge in [-0.3, -0.25) is 9.59 Å². The fourth-order valence-electron chi connectivity index (χ4n) is 1.99. The quantitative estimate of drug-likeness (QED) is 0.808. The van der Waals surface area contributed by atoms with Crippen LogP contribution in [0, 0.1) is 0 Å². The molecule has 2 rings (SSSR count). The number of ether oxygens (including phenoxy) is 2. The lowest BCUT2D eigenvalue weighted by atomic mass is 10.1. The lowest BCUT2D eigenvalue weighted by Crippen LogP contribution is -2.39. The molecule has 0 radical (unpaired) electrons. The third-order valence-electron chi connectivity index (χ3n) is 3.15. The van der Waals surface area contributed by atoms with E-state index >= 15 is 0 Å². The fourth-order valence-corrected chi connectivity index (χ4v) is 1.99. The minimum Gasteiger partial charge on any atom is -0.497 e. The lowest BCUT2D eigenvalue weighted by molar-refractivity contribution is -0.128. The molecule has 0 bridgehead atoms. The molecule has 0 saturated heterocycles. The summed E-state index contributed by atoms with van der Waals surface area (Å²) in [6.07, 6.45) is 0. The first kappa shape index (κ1) is 16.4. The maximum atomic E-state index is 12.0. The van der Waals surface area contributed by atoms with Crippen LogP contribution in [-0.4, -0.2) is 25.5 Å². The maximum absolute atomic E-state index is 12.0. The van der Waals surface area contributed by atoms with Crippen LogP contribution in [0.2, 0.25) is 0 Å². The highest BCUT2D eigenvalue weighted by atomic mass is 16.5. The molecule has 0 fully saturated rings. The van der Waals surface area contributed by atoms with Gasteiger partial charge in [0.15, 0.2) is 6.61 Å². The first-order valence-corrected chi connectivity index (χ1v) is 7.00. The lowest BCUT2D eigenvalue weighted by Gasteiger charge is -2.16. The topological polar surface area (TPSA) is 90.7 Å². The summed E-state index contributed by atoms with van der Waals surface area (Å²) >= 11 is 0. The van der Waals surface area contributed by atoms with Crippen molar-refractivity contribution >= 4 is 11.8 Å². The first-order valence-electron chi connectivity index (χ1n) is 7.00. The highest BCUT2D eigenvalue weighted by molar-refractivity contribution is 5.88. The Labute approximate surface area is 134 Å². The summed E-state index contributed by atoms with van der Waals surface area (Å²) in [6.45, 7) is -0.219. The summed E-state index contributed by atoms with van der Waals surface area (Å²) in [4.78, 5) is 23.5. The molecule has 0 aliphatic rings. The molecule has 0 heterocycles. The number of primary amides is 1. The molecule has 2 aromatic rings. The zero-order chi connectivity index (χ0) is 16.7. The average Bonchev–Trinajstić information content (AvgIpc) is 2.58. The van der Waals surface area contributed by atoms with Crippen LogP contribution in [0.15, 0.2) is 54.6 Å². The minimum atomic E-state index is -0.886. The standard InChI is InChI=1S/C17H18N2O4/c1-22-13-7-9-14(10-8-13)23-11-15(20)19-16(17(18)21)12-5-3-2-4-6-12/h2-10,16H,11H2,1H3,(H2,18,21)(H,19,20)/t16-/m1/s1. The Balaban J connectivity index is 1.93. The summed E-state index contributed by atoms with van der Waals surface area (Å²) in [5, 5.41) is 2.56. The van der Waals surface area contributed by atoms with Crippen molar-refractivity contribution in [2.75, 3.05) is 13.7 Å². The van der Waals surface area contributed by atoms with Crippen LogP contribution in [0.4, 0.5) is 0 Å². The Hall–Kier alpha value is -3.02. The molecule has 0 aliphatic heterocycles. The summed E-state index contributed by atoms with van der Waals surface area (Å²) < 4.78 is 10.4. The van der Waals surface area contributed by atoms with Crippen LogP contribution >= 0.6 is 0 Å². The number of benzene rings is 2. The third-order valence-corrected chi connectivity index (χ3v) is 3.15. The monoisotopic (exact) mass is 314 g/mol. The molecule has 0 saturated carbocycles. The number of nitrogens with two attached hydrogens (primary N) is 1. The number of rotatable bonds is 7. The van der Waals surface area contributed by atoms with Crippen LogP contribution in [-0.2, 0) is 9.59 Å². The second kappa shape index (κ2) is 7.84. The van der Waals surface area contributed by atoms with Gasteiger partial charge in [-0.25, -0.2) is 0 Å². The second-order valence-corrected chi connectivity index (χ2v) is 4.78. The first-order chi connectivity index (χ1) is 11.1. The molecule has 0 unspecified atom stereocenters. The molecule has 3 N–H and O–H groups in total. The zero-order valence-electron chi connectivity index (χ0n) is 12.7. The van der Waals surface area contributed by atoms with Gasteiger partial charge in [0.25, 0.3) is 5.91 Å². The van der Waals surface area contributed by atoms with Gasteiger partial charge in [0.2, 0.25) is 5.91 Å². The van der Waals surface area contributed by atoms with Crippen LogP contribution in [0.5, 0.6) is 11.5 Å². The van der Waals surface area contributed by atoms with E-state index in [0.29, 0.717) is 17.1 Å². The van der Waals surface area contributed by atoms with E-state index in [-0.39, 0.29) is 6.61 Å². The molecule has 2 amide bonds. The van der Waals surface area contributed by atoms with Crippen LogP contribution in [0.25, 0.3) is 0 Å². The molecule has 120 valence electrons. The van der Waals surface area contributed by atoms with Gasteiger partial charge in [-0.2, -0.15) is 0 Å². The van der Waals surface area contributed by atoms with Gasteiger partial charge in [0.05, 0.1) is 7.11 Å². The number of hydrogen-bond donors (Lipinski definition) is 2. The van der Waals surface area contributed by atoms with Crippen molar-refractivity contribution in [2.45, 2.75) is 6.04 Å². The Morgan fingerprint density at radius 3 is 2.22 bits per heavy atom. The zero-order valence-corrected chi connectivity index (χ0v) is 12.7. The molecule has 2 aromatic carbocycles. The van der Waals surface area contributed by atoms with E-state index in [2.05, 4.69) is 5.32 Å². The molecule has 6 heteroatoms. The smallest absolute Gasteiger partial charge is 0.258 e. The fraction of sp³-hybridized carbons (Fsp3) is 0.176. The number of methoxy groups -OCH3 is 1. The van der Waals surface area contributed by atoms with E-state index in [1.807, 2.05) is 6.07 Å². The van der Waals surface area contributed by atoms with Gasteiger partial charge in [0, 0.05) is 0 Å². The molecular weight excluding hydrogens is 296 g/mol. The predicted octanol–water partition coefficient (Wildman–Crippen LogP) is 1.42. The molecule has 0 aliphatic carbocycles. The van der Waals surface area contributed by atoms with Crippen LogP contribution in [0.3, 0.4) is 0 Å². The largest absolute Gasteiger partial charge is 0.497 e. The molecule has 23 heavy (non-hydrogen) atoms. The molecule has 6 nitrogen and oxygen atoms in total. The van der Waals surface area contributed by atoms with Gasteiger partial charge < -0.3 is 20.5 Å². The van der Waals surface area contributed by atoms with E-state index in [4.69, 9.17) is 15.2 Å². The highest BCUT2D eigenvalue weighted by Gasteiger charge is 2.20. The number of amides is 2. The molecular formula is C17H18N2O4. The van der Waals surface area contributed by atoms with Crippen molar-refractivity contribution in [3.63, 3.8) is 0 Å². The third kappa shape index (κ3) is 4.74. The van der Waals surface area contributed by atoms with Crippen molar-refractivity contribution in [1.29, 1.82) is 0 Å². The van der Waals surface area contributed by atoms with Crippen LogP contribution < -0.4 is 20.5 Å². The number of carbonyl (C=O) groups excluding carboxylic acids is 2. The summed E-state index contributed by atoms with van der Waals surface area (Å²) in [5.41, 5.74) is 5.97. The van der Waals surface area contributed by atoms with E-state index in [0.717, 1.165) is 0 Å². The molecule has 1 atom stereocenters. The Morgan fingerprint density at radius 2 is 1.65 bits per heavy atom. The van der Waals surface area contributed by atoms with E-state index in [9.17, 15) is 9.59 Å². The normalized spacial score (nSPS) is 11.3. The number of hydrogen-bond acceptors (Lipinski definition) is 4. The van der Waals surface area contributed by atoms with E-state index < -0.39 is 17.9 Å². The summed E-state index contributed by atoms with van der Waals surface area (Å²) in [6, 6.07) is 14.7. The maximum Gasteiger partial charge on any atom is 0.258 e. The van der Waals surface area contributed by atoms with Gasteiger partial charge in [0.1, 0.15) is 17.5 Å². The minimum absolute atomic E-state index is 0.219. The van der Waals surface area contributed by atoms with E-state index in [1.54, 1.807) is 55.6 Å². The number of carbonyl (C=O) groups is 2. The van der Waals surface area contributed by atoms with Crippen molar-refractivity contribution in [2.24, 2.45) is 5.73 Å².